The van der Waals surface area contributed by atoms with Crippen molar-refractivity contribution in [2.75, 3.05) is 19.6 Å². The number of hydrogen-bond acceptors (Lipinski definition) is 2. The van der Waals surface area contributed by atoms with Crippen molar-refractivity contribution in [3.05, 3.63) is 35.6 Å². The molecule has 2 amide bonds. The zero-order valence-corrected chi connectivity index (χ0v) is 11.9. The van der Waals surface area contributed by atoms with Gasteiger partial charge < -0.3 is 9.80 Å². The largest absolute Gasteiger partial charge is 0.331 e. The number of piperazine rings is 1. The molecular formula is C16H19FN2O2. The van der Waals surface area contributed by atoms with E-state index < -0.39 is 0 Å². The third-order valence-corrected chi connectivity index (χ3v) is 4.35. The molecule has 0 radical (unpaired) electrons. The Kier molecular flexibility index (Phi) is 3.90. The van der Waals surface area contributed by atoms with E-state index in [1.165, 1.54) is 6.07 Å². The van der Waals surface area contributed by atoms with Gasteiger partial charge in [0, 0.05) is 13.1 Å². The normalized spacial score (nSPS) is 22.4. The van der Waals surface area contributed by atoms with Gasteiger partial charge in [-0.05, 0) is 37.3 Å². The molecule has 0 bridgehead atoms. The number of carbonyl (C=O) groups excluding carboxylic acids is 2. The van der Waals surface area contributed by atoms with Crippen molar-refractivity contribution in [1.82, 2.24) is 9.80 Å². The molecule has 0 N–H and O–H groups in total. The predicted octanol–water partition coefficient (Wildman–Crippen LogP) is 1.59. The van der Waals surface area contributed by atoms with E-state index in [4.69, 9.17) is 0 Å². The summed E-state index contributed by atoms with van der Waals surface area (Å²) in [5, 5.41) is 0. The first kappa shape index (κ1) is 14.0. The molecule has 2 saturated heterocycles. The van der Waals surface area contributed by atoms with Crippen molar-refractivity contribution in [3.63, 3.8) is 0 Å². The van der Waals surface area contributed by atoms with Crippen LogP contribution in [0.3, 0.4) is 0 Å². The van der Waals surface area contributed by atoms with E-state index in [1.807, 2.05) is 0 Å². The third-order valence-electron chi connectivity index (χ3n) is 4.35. The van der Waals surface area contributed by atoms with Crippen LogP contribution in [0.1, 0.15) is 24.8 Å². The molecule has 2 fully saturated rings. The highest BCUT2D eigenvalue weighted by Gasteiger charge is 2.39. The van der Waals surface area contributed by atoms with Crippen LogP contribution in [0.25, 0.3) is 0 Å². The fourth-order valence-corrected chi connectivity index (χ4v) is 3.18. The zero-order valence-electron chi connectivity index (χ0n) is 11.9. The lowest BCUT2D eigenvalue weighted by molar-refractivity contribution is -0.157. The molecule has 3 rings (SSSR count). The van der Waals surface area contributed by atoms with E-state index in [9.17, 15) is 14.0 Å². The number of hydrogen-bond donors (Lipinski definition) is 0. The monoisotopic (exact) mass is 290 g/mol. The van der Waals surface area contributed by atoms with Crippen LogP contribution < -0.4 is 0 Å². The van der Waals surface area contributed by atoms with E-state index in [-0.39, 0.29) is 30.2 Å². The Morgan fingerprint density at radius 3 is 2.81 bits per heavy atom. The highest BCUT2D eigenvalue weighted by Crippen LogP contribution is 2.23. The summed E-state index contributed by atoms with van der Waals surface area (Å²) in [6.07, 6.45) is 3.16. The number of carbonyl (C=O) groups is 2. The van der Waals surface area contributed by atoms with Crippen molar-refractivity contribution in [1.29, 1.82) is 0 Å². The van der Waals surface area contributed by atoms with Crippen molar-refractivity contribution in [2.24, 2.45) is 0 Å². The molecular weight excluding hydrogens is 271 g/mol. The van der Waals surface area contributed by atoms with Crippen LogP contribution in [-0.4, -0.2) is 47.3 Å². The minimum atomic E-state index is -0.291. The summed E-state index contributed by atoms with van der Waals surface area (Å²) in [5.74, 6) is -0.217. The molecule has 0 aromatic heterocycles. The highest BCUT2D eigenvalue weighted by atomic mass is 19.1. The van der Waals surface area contributed by atoms with Crippen LogP contribution >= 0.6 is 0 Å². The fourth-order valence-electron chi connectivity index (χ4n) is 3.18. The zero-order chi connectivity index (χ0) is 14.8. The summed E-state index contributed by atoms with van der Waals surface area (Å²) in [7, 11) is 0. The Balaban J connectivity index is 1.67. The van der Waals surface area contributed by atoms with Gasteiger partial charge in [-0.2, -0.15) is 0 Å². The second-order valence-corrected chi connectivity index (χ2v) is 5.70. The smallest absolute Gasteiger partial charge is 0.245 e. The Morgan fingerprint density at radius 1 is 1.19 bits per heavy atom. The lowest BCUT2D eigenvalue weighted by Gasteiger charge is -2.42. The quantitative estimate of drug-likeness (QED) is 0.848. The average molecular weight is 290 g/mol. The van der Waals surface area contributed by atoms with E-state index in [2.05, 4.69) is 0 Å². The van der Waals surface area contributed by atoms with Gasteiger partial charge in [0.05, 0.1) is 6.54 Å². The van der Waals surface area contributed by atoms with Gasteiger partial charge in [0.15, 0.2) is 0 Å². The predicted molar refractivity (Wildman–Crippen MR) is 76.0 cm³/mol. The highest BCUT2D eigenvalue weighted by molar-refractivity contribution is 5.95. The van der Waals surface area contributed by atoms with Crippen molar-refractivity contribution >= 4 is 11.8 Å². The van der Waals surface area contributed by atoms with Gasteiger partial charge in [-0.1, -0.05) is 18.2 Å². The summed E-state index contributed by atoms with van der Waals surface area (Å²) >= 11 is 0. The van der Waals surface area contributed by atoms with Gasteiger partial charge >= 0.3 is 0 Å². The minimum absolute atomic E-state index is 0.0191. The molecule has 2 aliphatic heterocycles. The molecule has 112 valence electrons. The Bertz CT molecular complexity index is 561. The van der Waals surface area contributed by atoms with Crippen molar-refractivity contribution < 1.29 is 14.0 Å². The van der Waals surface area contributed by atoms with Crippen LogP contribution in [0, 0.1) is 5.82 Å². The molecule has 4 nitrogen and oxygen atoms in total. The topological polar surface area (TPSA) is 40.6 Å². The molecule has 1 aromatic carbocycles. The maximum absolute atomic E-state index is 13.6. The summed E-state index contributed by atoms with van der Waals surface area (Å²) < 4.78 is 13.6. The van der Waals surface area contributed by atoms with Crippen LogP contribution in [0.5, 0.6) is 0 Å². The van der Waals surface area contributed by atoms with Crippen LogP contribution in [0.4, 0.5) is 4.39 Å². The Hall–Kier alpha value is -1.91. The van der Waals surface area contributed by atoms with Gasteiger partial charge in [0.1, 0.15) is 11.9 Å². The third kappa shape index (κ3) is 2.77. The molecule has 1 aromatic rings. The van der Waals surface area contributed by atoms with Crippen molar-refractivity contribution in [2.45, 2.75) is 31.7 Å². The molecule has 5 heteroatoms. The van der Waals surface area contributed by atoms with E-state index in [0.717, 1.165) is 19.3 Å². The SMILES string of the molecule is O=C1C2CCCCN2C(=O)CN1CCc1ccccc1F. The maximum Gasteiger partial charge on any atom is 0.245 e. The average Bonchev–Trinajstić information content (AvgIpc) is 2.51. The standard InChI is InChI=1S/C16H19FN2O2/c17-13-6-2-1-5-12(13)8-10-18-11-15(20)19-9-4-3-7-14(19)16(18)21/h1-2,5-6,14H,3-4,7-11H2. The van der Waals surface area contributed by atoms with Crippen LogP contribution in [-0.2, 0) is 16.0 Å². The molecule has 21 heavy (non-hydrogen) atoms. The maximum atomic E-state index is 13.6. The number of piperidine rings is 1. The summed E-state index contributed by atoms with van der Waals surface area (Å²) in [6.45, 7) is 1.22. The van der Waals surface area contributed by atoms with E-state index >= 15 is 0 Å². The molecule has 0 aliphatic carbocycles. The Labute approximate surface area is 123 Å². The van der Waals surface area contributed by atoms with Gasteiger partial charge in [0.25, 0.3) is 0 Å². The molecule has 0 saturated carbocycles. The molecule has 2 heterocycles. The second-order valence-electron chi connectivity index (χ2n) is 5.70. The van der Waals surface area contributed by atoms with Gasteiger partial charge in [-0.25, -0.2) is 4.39 Å². The van der Waals surface area contributed by atoms with Gasteiger partial charge in [0.2, 0.25) is 11.8 Å². The number of benzene rings is 1. The number of rotatable bonds is 3. The first-order valence-corrected chi connectivity index (χ1v) is 7.48. The van der Waals surface area contributed by atoms with Crippen molar-refractivity contribution in [3.8, 4) is 0 Å². The first-order chi connectivity index (χ1) is 10.2. The Morgan fingerprint density at radius 2 is 2.00 bits per heavy atom. The molecule has 1 unspecified atom stereocenters. The lowest BCUT2D eigenvalue weighted by atomic mass is 9.98. The molecule has 1 atom stereocenters. The first-order valence-electron chi connectivity index (χ1n) is 7.48. The summed E-state index contributed by atoms with van der Waals surface area (Å²) in [5.41, 5.74) is 0.587. The number of fused-ring (bicyclic) bond motifs is 1. The van der Waals surface area contributed by atoms with Crippen LogP contribution in [0.15, 0.2) is 24.3 Å². The van der Waals surface area contributed by atoms with E-state index in [0.29, 0.717) is 25.1 Å². The minimum Gasteiger partial charge on any atom is -0.331 e. The summed E-state index contributed by atoms with van der Waals surface area (Å²) in [6, 6.07) is 6.28. The van der Waals surface area contributed by atoms with Crippen LogP contribution in [0.2, 0.25) is 0 Å². The number of nitrogens with zero attached hydrogens (tertiary/aromatic N) is 2. The second kappa shape index (κ2) is 5.84. The lowest BCUT2D eigenvalue weighted by Crippen LogP contribution is -2.61. The molecule has 2 aliphatic rings. The molecule has 0 spiro atoms. The number of amides is 2. The fraction of sp³-hybridized carbons (Fsp3) is 0.500. The van der Waals surface area contributed by atoms with Gasteiger partial charge in [-0.3, -0.25) is 9.59 Å². The number of halogens is 1. The van der Waals surface area contributed by atoms with Gasteiger partial charge in [-0.15, -0.1) is 0 Å². The van der Waals surface area contributed by atoms with E-state index in [1.54, 1.807) is 28.0 Å². The summed E-state index contributed by atoms with van der Waals surface area (Å²) in [4.78, 5) is 27.9.